The number of halogens is 3. The van der Waals surface area contributed by atoms with Crippen LogP contribution in [0.15, 0.2) is 35.5 Å². The van der Waals surface area contributed by atoms with E-state index >= 15 is 0 Å². The number of alkyl halides is 3. The van der Waals surface area contributed by atoms with Crippen molar-refractivity contribution in [2.45, 2.75) is 50.8 Å². The van der Waals surface area contributed by atoms with Gasteiger partial charge in [0.2, 0.25) is 0 Å². The van der Waals surface area contributed by atoms with Gasteiger partial charge >= 0.3 is 6.18 Å². The van der Waals surface area contributed by atoms with E-state index in [1.807, 2.05) is 30.3 Å². The summed E-state index contributed by atoms with van der Waals surface area (Å²) in [6.45, 7) is 6.56. The van der Waals surface area contributed by atoms with Crippen LogP contribution in [0.5, 0.6) is 0 Å². The van der Waals surface area contributed by atoms with Crippen LogP contribution < -0.4 is 0 Å². The Morgan fingerprint density at radius 1 is 1.18 bits per heavy atom. The first-order valence-electron chi connectivity index (χ1n) is 7.50. The summed E-state index contributed by atoms with van der Waals surface area (Å²) in [5, 5.41) is 3.46. The van der Waals surface area contributed by atoms with Crippen LogP contribution >= 0.6 is 0 Å². The van der Waals surface area contributed by atoms with Crippen LogP contribution in [0.1, 0.15) is 12.0 Å². The van der Waals surface area contributed by atoms with Crippen molar-refractivity contribution in [3.05, 3.63) is 35.9 Å². The summed E-state index contributed by atoms with van der Waals surface area (Å²) in [6, 6.07) is 10.1. The molecule has 2 nitrogen and oxygen atoms in total. The molecule has 6 heteroatoms. The van der Waals surface area contributed by atoms with E-state index < -0.39 is 25.9 Å². The summed E-state index contributed by atoms with van der Waals surface area (Å²) < 4.78 is 39.5. The monoisotopic (exact) mass is 329 g/mol. The van der Waals surface area contributed by atoms with Crippen molar-refractivity contribution >= 4 is 13.8 Å². The van der Waals surface area contributed by atoms with Gasteiger partial charge in [-0.15, -0.1) is 0 Å². The molecule has 1 heterocycles. The lowest BCUT2D eigenvalue weighted by Crippen LogP contribution is -2.40. The van der Waals surface area contributed by atoms with Gasteiger partial charge in [0.25, 0.3) is 0 Å². The number of nitrogens with zero attached hydrogens (tertiary/aromatic N) is 1. The highest BCUT2D eigenvalue weighted by Crippen LogP contribution is 2.33. The number of oxime groups is 1. The van der Waals surface area contributed by atoms with Crippen LogP contribution in [0.4, 0.5) is 13.2 Å². The summed E-state index contributed by atoms with van der Waals surface area (Å²) in [5.41, 5.74) is 0.126. The van der Waals surface area contributed by atoms with Gasteiger partial charge in [-0.1, -0.05) is 55.1 Å². The Bertz CT molecular complexity index is 522. The van der Waals surface area contributed by atoms with Gasteiger partial charge in [0.1, 0.15) is 6.10 Å². The molecule has 0 aromatic heterocycles. The van der Waals surface area contributed by atoms with Crippen LogP contribution in [0.25, 0.3) is 0 Å². The van der Waals surface area contributed by atoms with Crippen LogP contribution in [-0.4, -0.2) is 26.1 Å². The maximum absolute atomic E-state index is 13.2. The molecule has 1 aromatic rings. The summed E-state index contributed by atoms with van der Waals surface area (Å²) in [7, 11) is -1.41. The second-order valence-corrected chi connectivity index (χ2v) is 12.6. The fraction of sp³-hybridized carbons (Fsp3) is 0.562. The molecule has 0 amide bonds. The number of benzene rings is 1. The average Bonchev–Trinajstić information content (AvgIpc) is 2.36. The van der Waals surface area contributed by atoms with Crippen LogP contribution in [0, 0.1) is 5.92 Å². The largest absolute Gasteiger partial charge is 0.432 e. The number of hydrogen-bond acceptors (Lipinski definition) is 2. The minimum atomic E-state index is -4.43. The number of hydrogen-bond donors (Lipinski definition) is 0. The molecular weight excluding hydrogens is 307 g/mol. The van der Waals surface area contributed by atoms with E-state index in [-0.39, 0.29) is 6.10 Å². The molecule has 122 valence electrons. The summed E-state index contributed by atoms with van der Waals surface area (Å²) in [5.74, 6) is -0.627. The fourth-order valence-corrected chi connectivity index (χ4v) is 4.45. The van der Waals surface area contributed by atoms with Crippen molar-refractivity contribution in [1.82, 2.24) is 0 Å². The molecule has 0 radical (unpaired) electrons. The second-order valence-electron chi connectivity index (χ2n) is 7.09. The van der Waals surface area contributed by atoms with Gasteiger partial charge in [-0.3, -0.25) is 0 Å². The third-order valence-corrected chi connectivity index (χ3v) is 5.37. The molecule has 1 aliphatic heterocycles. The second kappa shape index (κ2) is 6.44. The highest BCUT2D eigenvalue weighted by Gasteiger charge is 2.45. The zero-order valence-corrected chi connectivity index (χ0v) is 14.2. The molecule has 0 fully saturated rings. The zero-order chi connectivity index (χ0) is 16.4. The smallest absolute Gasteiger partial charge is 0.393 e. The summed E-state index contributed by atoms with van der Waals surface area (Å²) in [4.78, 5) is 5.16. The van der Waals surface area contributed by atoms with Gasteiger partial charge in [0.05, 0.1) is 0 Å². The predicted octanol–water partition coefficient (Wildman–Crippen LogP) is 4.89. The van der Waals surface area contributed by atoms with Crippen LogP contribution in [0.3, 0.4) is 0 Å². The molecule has 0 N–H and O–H groups in total. The van der Waals surface area contributed by atoms with Crippen molar-refractivity contribution in [3.8, 4) is 0 Å². The maximum Gasteiger partial charge on any atom is 0.432 e. The van der Waals surface area contributed by atoms with Gasteiger partial charge in [-0.05, 0) is 24.4 Å². The predicted molar refractivity (Wildman–Crippen MR) is 84.8 cm³/mol. The molecule has 1 aliphatic rings. The van der Waals surface area contributed by atoms with E-state index in [4.69, 9.17) is 4.84 Å². The molecule has 2 atom stereocenters. The van der Waals surface area contributed by atoms with Gasteiger partial charge in [-0.2, -0.15) is 13.2 Å². The Morgan fingerprint density at radius 2 is 1.82 bits per heavy atom. The molecule has 0 aliphatic carbocycles. The van der Waals surface area contributed by atoms with E-state index in [0.717, 1.165) is 11.6 Å². The van der Waals surface area contributed by atoms with Gasteiger partial charge < -0.3 is 4.84 Å². The first-order valence-corrected chi connectivity index (χ1v) is 11.2. The Labute approximate surface area is 130 Å². The van der Waals surface area contributed by atoms with Crippen molar-refractivity contribution in [3.63, 3.8) is 0 Å². The van der Waals surface area contributed by atoms with Gasteiger partial charge in [0.15, 0.2) is 5.71 Å². The van der Waals surface area contributed by atoms with Gasteiger partial charge in [0, 0.05) is 14.0 Å². The summed E-state index contributed by atoms with van der Waals surface area (Å²) in [6.07, 6.45) is -3.89. The van der Waals surface area contributed by atoms with Crippen LogP contribution in [0.2, 0.25) is 25.7 Å². The standard InChI is InChI=1S/C16H22F3NOSi/c1-22(2,3)11-14-10-13(9-12-7-5-4-6-8-12)15(20-21-14)16(17,18)19/h4-8,13-14H,9-11H2,1-3H3/t13-,14-/m0/s1. The van der Waals surface area contributed by atoms with Crippen molar-refractivity contribution in [2.24, 2.45) is 11.1 Å². The number of rotatable bonds is 4. The molecule has 0 saturated heterocycles. The lowest BCUT2D eigenvalue weighted by atomic mass is 9.88. The Hall–Kier alpha value is -1.30. The van der Waals surface area contributed by atoms with E-state index in [0.29, 0.717) is 12.8 Å². The molecule has 0 bridgehead atoms. The van der Waals surface area contributed by atoms with E-state index in [2.05, 4.69) is 24.8 Å². The average molecular weight is 329 g/mol. The fourth-order valence-electron chi connectivity index (χ4n) is 2.84. The SMILES string of the molecule is C[Si](C)(C)C[C@@H]1C[C@H](Cc2ccccc2)C(C(F)(F)F)=NO1. The molecule has 0 saturated carbocycles. The van der Waals surface area contributed by atoms with Crippen molar-refractivity contribution in [1.29, 1.82) is 0 Å². The third-order valence-electron chi connectivity index (χ3n) is 3.69. The third kappa shape index (κ3) is 4.86. The highest BCUT2D eigenvalue weighted by molar-refractivity contribution is 6.76. The maximum atomic E-state index is 13.2. The molecule has 0 unspecified atom stereocenters. The van der Waals surface area contributed by atoms with E-state index in [1.165, 1.54) is 0 Å². The molecule has 0 spiro atoms. The Morgan fingerprint density at radius 3 is 2.36 bits per heavy atom. The van der Waals surface area contributed by atoms with Crippen molar-refractivity contribution in [2.75, 3.05) is 0 Å². The molecule has 22 heavy (non-hydrogen) atoms. The van der Waals surface area contributed by atoms with Gasteiger partial charge in [-0.25, -0.2) is 0 Å². The van der Waals surface area contributed by atoms with E-state index in [9.17, 15) is 13.2 Å². The van der Waals surface area contributed by atoms with Crippen LogP contribution in [-0.2, 0) is 11.3 Å². The minimum absolute atomic E-state index is 0.202. The van der Waals surface area contributed by atoms with E-state index in [1.54, 1.807) is 0 Å². The lowest BCUT2D eigenvalue weighted by Gasteiger charge is -2.32. The Balaban J connectivity index is 2.18. The first kappa shape index (κ1) is 17.1. The normalized spacial score (nSPS) is 22.9. The quantitative estimate of drug-likeness (QED) is 0.721. The Kier molecular flexibility index (Phi) is 4.99. The van der Waals surface area contributed by atoms with Crippen molar-refractivity contribution < 1.29 is 18.0 Å². The molecule has 2 rings (SSSR count). The lowest BCUT2D eigenvalue weighted by molar-refractivity contribution is -0.0754. The zero-order valence-electron chi connectivity index (χ0n) is 13.2. The molecular formula is C16H22F3NOSi. The topological polar surface area (TPSA) is 21.6 Å². The summed E-state index contributed by atoms with van der Waals surface area (Å²) >= 11 is 0. The molecule has 1 aromatic carbocycles. The highest BCUT2D eigenvalue weighted by atomic mass is 28.3. The minimum Gasteiger partial charge on any atom is -0.393 e. The first-order chi connectivity index (χ1) is 10.1.